The van der Waals surface area contributed by atoms with Crippen molar-refractivity contribution in [1.29, 1.82) is 5.26 Å². The minimum atomic E-state index is -3.96. The Morgan fingerprint density at radius 1 is 1.19 bits per heavy atom. The van der Waals surface area contributed by atoms with Gasteiger partial charge >= 0.3 is 0 Å². The van der Waals surface area contributed by atoms with Gasteiger partial charge in [0.05, 0.1) is 4.90 Å². The molecular formula is C15H9BrFNO2S. The zero-order valence-corrected chi connectivity index (χ0v) is 13.0. The molecule has 0 unspecified atom stereocenters. The van der Waals surface area contributed by atoms with Crippen LogP contribution in [0.15, 0.2) is 62.8 Å². The summed E-state index contributed by atoms with van der Waals surface area (Å²) >= 11 is 3.27. The van der Waals surface area contributed by atoms with E-state index >= 15 is 0 Å². The van der Waals surface area contributed by atoms with Crippen LogP contribution in [0.2, 0.25) is 0 Å². The van der Waals surface area contributed by atoms with E-state index in [1.54, 1.807) is 30.3 Å². The smallest absolute Gasteiger partial charge is 0.216 e. The van der Waals surface area contributed by atoms with Crippen LogP contribution in [0, 0.1) is 17.1 Å². The molecule has 0 fully saturated rings. The minimum Gasteiger partial charge on any atom is -0.218 e. The van der Waals surface area contributed by atoms with E-state index in [9.17, 15) is 12.8 Å². The first-order valence-electron chi connectivity index (χ1n) is 5.81. The fourth-order valence-electron chi connectivity index (χ4n) is 1.66. The van der Waals surface area contributed by atoms with E-state index in [0.29, 0.717) is 5.56 Å². The lowest BCUT2D eigenvalue weighted by atomic mass is 10.2. The summed E-state index contributed by atoms with van der Waals surface area (Å²) in [6.07, 6.45) is 1.28. The highest BCUT2D eigenvalue weighted by Crippen LogP contribution is 2.22. The number of rotatable bonds is 3. The van der Waals surface area contributed by atoms with Crippen LogP contribution >= 0.6 is 15.9 Å². The molecular weight excluding hydrogens is 357 g/mol. The lowest BCUT2D eigenvalue weighted by molar-refractivity contribution is 0.601. The first-order valence-corrected chi connectivity index (χ1v) is 8.09. The van der Waals surface area contributed by atoms with Gasteiger partial charge in [-0.3, -0.25) is 0 Å². The van der Waals surface area contributed by atoms with E-state index in [2.05, 4.69) is 15.9 Å². The minimum absolute atomic E-state index is 0.119. The van der Waals surface area contributed by atoms with Crippen LogP contribution in [0.1, 0.15) is 5.56 Å². The molecule has 2 rings (SSSR count). The third-order valence-corrected chi connectivity index (χ3v) is 4.84. The maximum Gasteiger partial charge on any atom is 0.216 e. The highest BCUT2D eigenvalue weighted by atomic mass is 79.9. The maximum atomic E-state index is 12.9. The molecule has 0 heterocycles. The molecule has 0 spiro atoms. The molecule has 0 N–H and O–H groups in total. The molecule has 0 aliphatic carbocycles. The van der Waals surface area contributed by atoms with Gasteiger partial charge in [0.1, 0.15) is 16.8 Å². The van der Waals surface area contributed by atoms with Gasteiger partial charge < -0.3 is 0 Å². The molecule has 0 saturated heterocycles. The third kappa shape index (κ3) is 3.57. The van der Waals surface area contributed by atoms with Crippen molar-refractivity contribution >= 4 is 31.8 Å². The predicted molar refractivity (Wildman–Crippen MR) is 81.3 cm³/mol. The summed E-state index contributed by atoms with van der Waals surface area (Å²) in [5.41, 5.74) is 0.576. The molecule has 0 bridgehead atoms. The molecule has 21 heavy (non-hydrogen) atoms. The van der Waals surface area contributed by atoms with E-state index in [1.165, 1.54) is 6.08 Å². The van der Waals surface area contributed by atoms with Crippen molar-refractivity contribution in [3.05, 3.63) is 69.3 Å². The van der Waals surface area contributed by atoms with Crippen LogP contribution in [0.25, 0.3) is 6.08 Å². The van der Waals surface area contributed by atoms with Gasteiger partial charge in [-0.2, -0.15) is 5.26 Å². The fourth-order valence-corrected chi connectivity index (χ4v) is 3.24. The lowest BCUT2D eigenvalue weighted by Crippen LogP contribution is -2.03. The summed E-state index contributed by atoms with van der Waals surface area (Å²) < 4.78 is 38.3. The van der Waals surface area contributed by atoms with Gasteiger partial charge in [-0.05, 0) is 48.0 Å². The zero-order chi connectivity index (χ0) is 15.5. The molecule has 0 aromatic heterocycles. The lowest BCUT2D eigenvalue weighted by Gasteiger charge is -2.03. The highest BCUT2D eigenvalue weighted by Gasteiger charge is 2.20. The molecule has 106 valence electrons. The molecule has 0 amide bonds. The second kappa shape index (κ2) is 6.20. The normalized spacial score (nSPS) is 12.0. The van der Waals surface area contributed by atoms with Crippen molar-refractivity contribution in [1.82, 2.24) is 0 Å². The van der Waals surface area contributed by atoms with Gasteiger partial charge in [-0.25, -0.2) is 12.8 Å². The average Bonchev–Trinajstić information content (AvgIpc) is 2.45. The van der Waals surface area contributed by atoms with E-state index in [-0.39, 0.29) is 4.90 Å². The first-order chi connectivity index (χ1) is 9.93. The molecule has 2 aromatic carbocycles. The molecule has 0 aliphatic rings. The zero-order valence-electron chi connectivity index (χ0n) is 10.6. The number of hydrogen-bond acceptors (Lipinski definition) is 3. The van der Waals surface area contributed by atoms with Crippen molar-refractivity contribution < 1.29 is 12.8 Å². The van der Waals surface area contributed by atoms with Crippen molar-refractivity contribution in [2.24, 2.45) is 0 Å². The van der Waals surface area contributed by atoms with Crippen LogP contribution in [0.3, 0.4) is 0 Å². The second-order valence-electron chi connectivity index (χ2n) is 4.13. The number of allylic oxidation sites excluding steroid dienone is 1. The standard InChI is InChI=1S/C15H9BrFNO2S/c16-12-3-1-2-11(8-12)9-15(10-18)21(19,20)14-6-4-13(17)5-7-14/h1-9H. The largest absolute Gasteiger partial charge is 0.218 e. The highest BCUT2D eigenvalue weighted by molar-refractivity contribution is 9.10. The summed E-state index contributed by atoms with van der Waals surface area (Å²) in [6.45, 7) is 0. The maximum absolute atomic E-state index is 12.9. The van der Waals surface area contributed by atoms with Crippen LogP contribution in [-0.2, 0) is 9.84 Å². The number of hydrogen-bond donors (Lipinski definition) is 0. The Balaban J connectivity index is 2.50. The predicted octanol–water partition coefficient (Wildman–Crippen LogP) is 3.93. The Labute approximate surface area is 130 Å². The van der Waals surface area contributed by atoms with Crippen molar-refractivity contribution in [3.63, 3.8) is 0 Å². The monoisotopic (exact) mass is 365 g/mol. The Bertz CT molecular complexity index is 837. The van der Waals surface area contributed by atoms with Gasteiger partial charge in [-0.15, -0.1) is 0 Å². The van der Waals surface area contributed by atoms with Crippen LogP contribution in [0.4, 0.5) is 4.39 Å². The number of nitrogens with zero attached hydrogens (tertiary/aromatic N) is 1. The summed E-state index contributed by atoms with van der Waals surface area (Å²) in [6, 6.07) is 12.9. The van der Waals surface area contributed by atoms with Crippen LogP contribution in [0.5, 0.6) is 0 Å². The number of benzene rings is 2. The first kappa shape index (κ1) is 15.4. The summed E-state index contributed by atoms with van der Waals surface area (Å²) in [4.78, 5) is -0.515. The van der Waals surface area contributed by atoms with Gasteiger partial charge in [0.2, 0.25) is 9.84 Å². The Morgan fingerprint density at radius 3 is 2.43 bits per heavy atom. The van der Waals surface area contributed by atoms with Gasteiger partial charge in [0.15, 0.2) is 0 Å². The van der Waals surface area contributed by atoms with Crippen molar-refractivity contribution in [3.8, 4) is 6.07 Å². The number of sulfone groups is 1. The molecule has 6 heteroatoms. The SMILES string of the molecule is N#CC(=Cc1cccc(Br)c1)S(=O)(=O)c1ccc(F)cc1. The van der Waals surface area contributed by atoms with Crippen molar-refractivity contribution in [2.45, 2.75) is 4.90 Å². The number of nitriles is 1. The number of halogens is 2. The molecule has 3 nitrogen and oxygen atoms in total. The van der Waals surface area contributed by atoms with Gasteiger partial charge in [0, 0.05) is 4.47 Å². The van der Waals surface area contributed by atoms with E-state index < -0.39 is 20.6 Å². The molecule has 0 atom stereocenters. The molecule has 2 aromatic rings. The van der Waals surface area contributed by atoms with Crippen LogP contribution < -0.4 is 0 Å². The van der Waals surface area contributed by atoms with E-state index in [1.807, 2.05) is 0 Å². The van der Waals surface area contributed by atoms with Crippen molar-refractivity contribution in [2.75, 3.05) is 0 Å². The Hall–Kier alpha value is -1.97. The summed E-state index contributed by atoms with van der Waals surface area (Å²) in [5.74, 6) is -0.538. The van der Waals surface area contributed by atoms with E-state index in [4.69, 9.17) is 5.26 Å². The quantitative estimate of drug-likeness (QED) is 0.611. The molecule has 0 radical (unpaired) electrons. The Kier molecular flexibility index (Phi) is 4.56. The second-order valence-corrected chi connectivity index (χ2v) is 6.97. The van der Waals surface area contributed by atoms with Crippen LogP contribution in [-0.4, -0.2) is 8.42 Å². The van der Waals surface area contributed by atoms with Gasteiger partial charge in [0.25, 0.3) is 0 Å². The van der Waals surface area contributed by atoms with E-state index in [0.717, 1.165) is 28.7 Å². The topological polar surface area (TPSA) is 57.9 Å². The average molecular weight is 366 g/mol. The van der Waals surface area contributed by atoms with Gasteiger partial charge in [-0.1, -0.05) is 28.1 Å². The third-order valence-electron chi connectivity index (χ3n) is 2.67. The summed E-state index contributed by atoms with van der Waals surface area (Å²) in [5, 5.41) is 9.12. The Morgan fingerprint density at radius 2 is 1.86 bits per heavy atom. The fraction of sp³-hybridized carbons (Fsp3) is 0. The summed E-state index contributed by atoms with van der Waals surface area (Å²) in [7, 11) is -3.96. The molecule has 0 saturated carbocycles. The molecule has 0 aliphatic heterocycles.